The third-order valence-corrected chi connectivity index (χ3v) is 5.28. The molecule has 0 aliphatic carbocycles. The largest absolute Gasteiger partial charge is 0.309 e. The molecule has 1 aliphatic heterocycles. The molecular weight excluding hydrogens is 352 g/mol. The smallest absolute Gasteiger partial charge is 0.280 e. The van der Waals surface area contributed by atoms with Gasteiger partial charge in [-0.3, -0.25) is 14.7 Å². The summed E-state index contributed by atoms with van der Waals surface area (Å²) in [7, 11) is 0. The second-order valence-corrected chi connectivity index (χ2v) is 7.08. The van der Waals surface area contributed by atoms with E-state index in [1.54, 1.807) is 12.4 Å². The Kier molecular flexibility index (Phi) is 5.39. The molecule has 4 rings (SSSR count). The third-order valence-electron chi connectivity index (χ3n) is 5.28. The average molecular weight is 374 g/mol. The van der Waals surface area contributed by atoms with Crippen molar-refractivity contribution in [3.63, 3.8) is 0 Å². The van der Waals surface area contributed by atoms with E-state index < -0.39 is 0 Å². The Hall–Kier alpha value is -3.12. The van der Waals surface area contributed by atoms with Crippen LogP contribution in [-0.4, -0.2) is 21.0 Å². The normalized spacial score (nSPS) is 16.9. The Morgan fingerprint density at radius 2 is 1.86 bits per heavy atom. The van der Waals surface area contributed by atoms with E-state index >= 15 is 0 Å². The standard InChI is InChI=1S/C22H22N4O2/c27-22-21(24-28)18(11-14-26(22)15-17-7-2-1-3-8-17)16-25-13-6-10-20(25)19-9-4-5-12-23-19/h1-5,7-9,11-12,14,20H,6,10,13,15-16H2. The van der Waals surface area contributed by atoms with Gasteiger partial charge in [0.2, 0.25) is 0 Å². The number of rotatable bonds is 6. The van der Waals surface area contributed by atoms with Crippen molar-refractivity contribution in [2.45, 2.75) is 32.0 Å². The van der Waals surface area contributed by atoms with Crippen LogP contribution < -0.4 is 5.56 Å². The molecule has 1 aliphatic rings. The quantitative estimate of drug-likeness (QED) is 0.611. The first kappa shape index (κ1) is 18.3. The van der Waals surface area contributed by atoms with Gasteiger partial charge in [-0.2, -0.15) is 0 Å². The van der Waals surface area contributed by atoms with Crippen LogP contribution in [0.1, 0.15) is 35.7 Å². The number of aromatic nitrogens is 2. The topological polar surface area (TPSA) is 67.6 Å². The molecule has 0 spiro atoms. The summed E-state index contributed by atoms with van der Waals surface area (Å²) >= 11 is 0. The minimum atomic E-state index is -0.343. The summed E-state index contributed by atoms with van der Waals surface area (Å²) in [5.74, 6) is 0. The van der Waals surface area contributed by atoms with Crippen molar-refractivity contribution >= 4 is 5.69 Å². The number of pyridine rings is 2. The number of likely N-dealkylation sites (tertiary alicyclic amines) is 1. The molecule has 6 heteroatoms. The van der Waals surface area contributed by atoms with E-state index in [4.69, 9.17) is 0 Å². The van der Waals surface area contributed by atoms with Gasteiger partial charge in [0.25, 0.3) is 5.56 Å². The molecule has 3 aromatic rings. The predicted octanol–water partition coefficient (Wildman–Crippen LogP) is 4.03. The number of hydrogen-bond donors (Lipinski definition) is 0. The minimum Gasteiger partial charge on any atom is -0.309 e. The Morgan fingerprint density at radius 1 is 1.04 bits per heavy atom. The van der Waals surface area contributed by atoms with Crippen LogP contribution in [-0.2, 0) is 13.1 Å². The zero-order valence-electron chi connectivity index (χ0n) is 15.6. The molecule has 1 fully saturated rings. The Bertz CT molecular complexity index is 1000. The van der Waals surface area contributed by atoms with Gasteiger partial charge in [-0.1, -0.05) is 36.4 Å². The lowest BCUT2D eigenvalue weighted by Gasteiger charge is -2.24. The van der Waals surface area contributed by atoms with Crippen LogP contribution >= 0.6 is 0 Å². The summed E-state index contributed by atoms with van der Waals surface area (Å²) in [6.45, 7) is 1.85. The Morgan fingerprint density at radius 3 is 2.61 bits per heavy atom. The van der Waals surface area contributed by atoms with Crippen molar-refractivity contribution < 1.29 is 0 Å². The second-order valence-electron chi connectivity index (χ2n) is 7.08. The van der Waals surface area contributed by atoms with Gasteiger partial charge in [0.1, 0.15) is 0 Å². The van der Waals surface area contributed by atoms with Gasteiger partial charge in [-0.05, 0) is 48.3 Å². The predicted molar refractivity (Wildman–Crippen MR) is 108 cm³/mol. The summed E-state index contributed by atoms with van der Waals surface area (Å²) in [5, 5.41) is 3.09. The average Bonchev–Trinajstić information content (AvgIpc) is 3.20. The van der Waals surface area contributed by atoms with E-state index in [1.807, 2.05) is 54.6 Å². The van der Waals surface area contributed by atoms with Gasteiger partial charge in [0, 0.05) is 24.5 Å². The molecule has 0 N–H and O–H groups in total. The maximum absolute atomic E-state index is 12.8. The van der Waals surface area contributed by atoms with Crippen molar-refractivity contribution in [3.05, 3.63) is 99.1 Å². The molecule has 142 valence electrons. The first-order valence-electron chi connectivity index (χ1n) is 9.51. The van der Waals surface area contributed by atoms with E-state index in [-0.39, 0.29) is 17.3 Å². The highest BCUT2D eigenvalue weighted by atomic mass is 16.3. The van der Waals surface area contributed by atoms with Gasteiger partial charge in [0.05, 0.1) is 18.3 Å². The van der Waals surface area contributed by atoms with E-state index in [0.717, 1.165) is 30.6 Å². The molecule has 0 radical (unpaired) electrons. The summed E-state index contributed by atoms with van der Waals surface area (Å²) in [6, 6.07) is 17.7. The second kappa shape index (κ2) is 8.27. The van der Waals surface area contributed by atoms with E-state index in [9.17, 15) is 9.70 Å². The van der Waals surface area contributed by atoms with Gasteiger partial charge >= 0.3 is 0 Å². The molecular formula is C22H22N4O2. The molecule has 3 heterocycles. The maximum Gasteiger partial charge on any atom is 0.280 e. The van der Waals surface area contributed by atoms with Crippen LogP contribution in [0.4, 0.5) is 5.69 Å². The summed E-state index contributed by atoms with van der Waals surface area (Å²) in [4.78, 5) is 31.0. The maximum atomic E-state index is 12.8. The van der Waals surface area contributed by atoms with E-state index in [2.05, 4.69) is 15.1 Å². The molecule has 2 aromatic heterocycles. The van der Waals surface area contributed by atoms with Gasteiger partial charge in [-0.15, -0.1) is 4.91 Å². The highest BCUT2D eigenvalue weighted by molar-refractivity contribution is 5.43. The van der Waals surface area contributed by atoms with Crippen molar-refractivity contribution in [2.24, 2.45) is 5.18 Å². The molecule has 0 saturated carbocycles. The molecule has 1 saturated heterocycles. The summed E-state index contributed by atoms with van der Waals surface area (Å²) in [5.41, 5.74) is 2.36. The van der Waals surface area contributed by atoms with Crippen molar-refractivity contribution in [1.82, 2.24) is 14.5 Å². The molecule has 6 nitrogen and oxygen atoms in total. The lowest BCUT2D eigenvalue weighted by molar-refractivity contribution is 0.244. The number of hydrogen-bond acceptors (Lipinski definition) is 5. The monoisotopic (exact) mass is 374 g/mol. The highest BCUT2D eigenvalue weighted by Crippen LogP contribution is 2.32. The van der Waals surface area contributed by atoms with E-state index in [1.165, 1.54) is 4.57 Å². The van der Waals surface area contributed by atoms with Crippen LogP contribution in [0.2, 0.25) is 0 Å². The fourth-order valence-corrected chi connectivity index (χ4v) is 3.87. The number of benzene rings is 1. The zero-order chi connectivity index (χ0) is 19.3. The first-order chi connectivity index (χ1) is 13.8. The Balaban J connectivity index is 1.59. The fraction of sp³-hybridized carbons (Fsp3) is 0.273. The fourth-order valence-electron chi connectivity index (χ4n) is 3.87. The Labute approximate surface area is 163 Å². The van der Waals surface area contributed by atoms with Crippen LogP contribution in [0.5, 0.6) is 0 Å². The van der Waals surface area contributed by atoms with Crippen molar-refractivity contribution in [1.29, 1.82) is 0 Å². The van der Waals surface area contributed by atoms with Crippen molar-refractivity contribution in [2.75, 3.05) is 6.54 Å². The molecule has 1 atom stereocenters. The van der Waals surface area contributed by atoms with Gasteiger partial charge < -0.3 is 4.57 Å². The SMILES string of the molecule is O=Nc1c(CN2CCCC2c2ccccn2)ccn(Cc2ccccc2)c1=O. The van der Waals surface area contributed by atoms with Gasteiger partial charge in [-0.25, -0.2) is 0 Å². The zero-order valence-corrected chi connectivity index (χ0v) is 15.6. The lowest BCUT2D eigenvalue weighted by atomic mass is 10.1. The van der Waals surface area contributed by atoms with Crippen LogP contribution in [0.25, 0.3) is 0 Å². The highest BCUT2D eigenvalue weighted by Gasteiger charge is 2.28. The summed E-state index contributed by atoms with van der Waals surface area (Å²) in [6.07, 6.45) is 5.64. The molecule has 1 unspecified atom stereocenters. The molecule has 0 bridgehead atoms. The van der Waals surface area contributed by atoms with Crippen LogP contribution in [0, 0.1) is 4.91 Å². The molecule has 1 aromatic carbocycles. The van der Waals surface area contributed by atoms with Crippen molar-refractivity contribution in [3.8, 4) is 0 Å². The number of nitroso groups, excluding NO2 is 1. The minimum absolute atomic E-state index is 0.00472. The van der Waals surface area contributed by atoms with Crippen LogP contribution in [0.3, 0.4) is 0 Å². The first-order valence-corrected chi connectivity index (χ1v) is 9.51. The van der Waals surface area contributed by atoms with Crippen LogP contribution in [0.15, 0.2) is 77.0 Å². The number of nitrogens with zero attached hydrogens (tertiary/aromatic N) is 4. The summed E-state index contributed by atoms with van der Waals surface area (Å²) < 4.78 is 1.54. The molecule has 28 heavy (non-hydrogen) atoms. The lowest BCUT2D eigenvalue weighted by Crippen LogP contribution is -2.26. The molecule has 0 amide bonds. The van der Waals surface area contributed by atoms with Gasteiger partial charge in [0.15, 0.2) is 5.69 Å². The van der Waals surface area contributed by atoms with E-state index in [0.29, 0.717) is 18.7 Å². The third kappa shape index (κ3) is 3.77.